The maximum absolute atomic E-state index is 12.9. The van der Waals surface area contributed by atoms with Crippen molar-refractivity contribution in [1.29, 1.82) is 0 Å². The molecule has 9 nitrogen and oxygen atoms in total. The Bertz CT molecular complexity index is 1330. The second-order valence-electron chi connectivity index (χ2n) is 7.20. The zero-order valence-corrected chi connectivity index (χ0v) is 16.8. The largest absolute Gasteiger partial charge is 0.507 e. The second-order valence-corrected chi connectivity index (χ2v) is 7.20. The number of phenols is 2. The molecular formula is C23H16O9. The van der Waals surface area contributed by atoms with E-state index in [1.165, 1.54) is 32.4 Å². The highest BCUT2D eigenvalue weighted by Crippen LogP contribution is 2.62. The van der Waals surface area contributed by atoms with Gasteiger partial charge in [-0.1, -0.05) is 18.2 Å². The number of ether oxygens (including phenoxy) is 4. The van der Waals surface area contributed by atoms with Gasteiger partial charge in [0, 0.05) is 17.2 Å². The normalized spacial score (nSPS) is 17.6. The molecule has 162 valence electrons. The van der Waals surface area contributed by atoms with Crippen LogP contribution in [0.5, 0.6) is 34.5 Å². The molecule has 0 amide bonds. The molecule has 0 saturated heterocycles. The molecule has 3 aromatic rings. The summed E-state index contributed by atoms with van der Waals surface area (Å²) in [6.07, 6.45) is 0. The van der Waals surface area contributed by atoms with Crippen LogP contribution in [-0.2, 0) is 10.3 Å². The van der Waals surface area contributed by atoms with E-state index < -0.39 is 28.9 Å². The minimum atomic E-state index is -1.68. The second kappa shape index (κ2) is 6.55. The van der Waals surface area contributed by atoms with E-state index in [0.29, 0.717) is 5.56 Å². The molecule has 3 N–H and O–H groups in total. The number of fused-ring (bicyclic) bond motifs is 6. The van der Waals surface area contributed by atoms with Crippen molar-refractivity contribution in [3.05, 3.63) is 70.3 Å². The van der Waals surface area contributed by atoms with Gasteiger partial charge in [-0.05, 0) is 18.2 Å². The van der Waals surface area contributed by atoms with Crippen LogP contribution in [-0.4, -0.2) is 41.5 Å². The monoisotopic (exact) mass is 436 g/mol. The predicted octanol–water partition coefficient (Wildman–Crippen LogP) is 3.38. The molecule has 0 aromatic heterocycles. The first-order chi connectivity index (χ1) is 15.3. The fourth-order valence-corrected chi connectivity index (χ4v) is 4.42. The van der Waals surface area contributed by atoms with Crippen molar-refractivity contribution in [2.24, 2.45) is 0 Å². The molecule has 1 atom stereocenters. The molecule has 2 aliphatic heterocycles. The fourth-order valence-electron chi connectivity index (χ4n) is 4.42. The van der Waals surface area contributed by atoms with E-state index >= 15 is 0 Å². The van der Waals surface area contributed by atoms with Gasteiger partial charge in [0.05, 0.1) is 25.3 Å². The van der Waals surface area contributed by atoms with Gasteiger partial charge in [-0.15, -0.1) is 0 Å². The van der Waals surface area contributed by atoms with Gasteiger partial charge in [-0.25, -0.2) is 9.59 Å². The van der Waals surface area contributed by atoms with Gasteiger partial charge in [0.2, 0.25) is 5.75 Å². The van der Waals surface area contributed by atoms with Crippen molar-refractivity contribution >= 4 is 11.9 Å². The molecule has 0 bridgehead atoms. The molecule has 0 fully saturated rings. The van der Waals surface area contributed by atoms with Crippen LogP contribution in [0.15, 0.2) is 42.5 Å². The van der Waals surface area contributed by atoms with Crippen LogP contribution >= 0.6 is 0 Å². The van der Waals surface area contributed by atoms with Gasteiger partial charge >= 0.3 is 11.9 Å². The quantitative estimate of drug-likeness (QED) is 0.529. The van der Waals surface area contributed by atoms with Crippen molar-refractivity contribution in [1.82, 2.24) is 0 Å². The highest BCUT2D eigenvalue weighted by Gasteiger charge is 2.56. The Morgan fingerprint density at radius 3 is 2.38 bits per heavy atom. The maximum Gasteiger partial charge on any atom is 0.343 e. The first kappa shape index (κ1) is 19.6. The summed E-state index contributed by atoms with van der Waals surface area (Å²) >= 11 is 0. The third kappa shape index (κ3) is 2.27. The average molecular weight is 436 g/mol. The van der Waals surface area contributed by atoms with Gasteiger partial charge in [-0.3, -0.25) is 0 Å². The number of methoxy groups -OCH3 is 2. The SMILES string of the molecule is COc1c(O)cc2c(c1OC)C1(OC(=O)c3ccccc31)c1ccc(O)c(C(=O)O)c1O2. The standard InChI is InChI=1S/C23H16O9/c1-29-19-14(25)9-15-17(20(19)30-2)23(11-6-4-3-5-10(11)22(28)32-23)12-7-8-13(24)16(21(26)27)18(12)31-15/h3-9,24-25H,1-2H3,(H,26,27). The van der Waals surface area contributed by atoms with Crippen LogP contribution in [0.1, 0.15) is 37.4 Å². The lowest BCUT2D eigenvalue weighted by molar-refractivity contribution is 0.0215. The average Bonchev–Trinajstić information content (AvgIpc) is 3.05. The number of carbonyl (C=O) groups is 2. The highest BCUT2D eigenvalue weighted by atomic mass is 16.6. The lowest BCUT2D eigenvalue weighted by Gasteiger charge is -2.38. The summed E-state index contributed by atoms with van der Waals surface area (Å²) in [4.78, 5) is 24.9. The van der Waals surface area contributed by atoms with Crippen molar-refractivity contribution in [2.75, 3.05) is 14.2 Å². The Hall–Kier alpha value is -4.40. The molecule has 0 radical (unpaired) electrons. The number of carbonyl (C=O) groups excluding carboxylic acids is 1. The zero-order chi connectivity index (χ0) is 22.8. The molecule has 0 aliphatic carbocycles. The number of phenolic OH excluding ortho intramolecular Hbond substituents is 1. The Balaban J connectivity index is 1.99. The Labute approximate surface area is 181 Å². The molecule has 1 spiro atoms. The molecular weight excluding hydrogens is 420 g/mol. The Kier molecular flexibility index (Phi) is 4.00. The highest BCUT2D eigenvalue weighted by molar-refractivity contribution is 5.99. The van der Waals surface area contributed by atoms with Gasteiger partial charge in [0.1, 0.15) is 17.1 Å². The molecule has 32 heavy (non-hydrogen) atoms. The van der Waals surface area contributed by atoms with E-state index in [1.807, 2.05) is 0 Å². The minimum Gasteiger partial charge on any atom is -0.507 e. The topological polar surface area (TPSA) is 132 Å². The van der Waals surface area contributed by atoms with E-state index in [1.54, 1.807) is 24.3 Å². The molecule has 5 rings (SSSR count). The summed E-state index contributed by atoms with van der Waals surface area (Å²) < 4.78 is 22.7. The maximum atomic E-state index is 12.9. The van der Waals surface area contributed by atoms with Gasteiger partial charge in [-0.2, -0.15) is 0 Å². The summed E-state index contributed by atoms with van der Waals surface area (Å²) in [5, 5.41) is 30.5. The van der Waals surface area contributed by atoms with E-state index in [2.05, 4.69) is 0 Å². The molecule has 1 unspecified atom stereocenters. The third-order valence-corrected chi connectivity index (χ3v) is 5.65. The fraction of sp³-hybridized carbons (Fsp3) is 0.130. The number of benzene rings is 3. The van der Waals surface area contributed by atoms with E-state index in [-0.39, 0.29) is 45.4 Å². The number of carboxylic acid groups (broad SMARTS) is 1. The lowest BCUT2D eigenvalue weighted by atomic mass is 9.76. The van der Waals surface area contributed by atoms with Crippen molar-refractivity contribution in [3.63, 3.8) is 0 Å². The third-order valence-electron chi connectivity index (χ3n) is 5.65. The Morgan fingerprint density at radius 2 is 1.69 bits per heavy atom. The zero-order valence-electron chi connectivity index (χ0n) is 16.8. The van der Waals surface area contributed by atoms with Crippen LogP contribution < -0.4 is 14.2 Å². The van der Waals surface area contributed by atoms with Gasteiger partial charge in [0.15, 0.2) is 22.8 Å². The number of aromatic hydroxyl groups is 2. The van der Waals surface area contributed by atoms with Crippen molar-refractivity contribution < 1.29 is 43.9 Å². The van der Waals surface area contributed by atoms with Crippen LogP contribution in [0.2, 0.25) is 0 Å². The van der Waals surface area contributed by atoms with Crippen LogP contribution in [0.4, 0.5) is 0 Å². The summed E-state index contributed by atoms with van der Waals surface area (Å²) in [7, 11) is 2.69. The summed E-state index contributed by atoms with van der Waals surface area (Å²) in [6, 6.07) is 10.5. The molecule has 9 heteroatoms. The number of hydrogen-bond acceptors (Lipinski definition) is 8. The lowest BCUT2D eigenvalue weighted by Crippen LogP contribution is -2.34. The molecule has 3 aromatic carbocycles. The van der Waals surface area contributed by atoms with E-state index in [0.717, 1.165) is 0 Å². The van der Waals surface area contributed by atoms with Crippen LogP contribution in [0.3, 0.4) is 0 Å². The minimum absolute atomic E-state index is 0.0182. The van der Waals surface area contributed by atoms with Crippen LogP contribution in [0, 0.1) is 0 Å². The smallest absolute Gasteiger partial charge is 0.343 e. The number of esters is 1. The first-order valence-corrected chi connectivity index (χ1v) is 9.44. The predicted molar refractivity (Wildman–Crippen MR) is 108 cm³/mol. The molecule has 2 heterocycles. The number of carboxylic acids is 1. The Morgan fingerprint density at radius 1 is 0.969 bits per heavy atom. The summed E-state index contributed by atoms with van der Waals surface area (Å²) in [5.74, 6) is -3.17. The van der Waals surface area contributed by atoms with E-state index in [9.17, 15) is 24.9 Å². The number of aromatic carboxylic acids is 1. The number of hydrogen-bond donors (Lipinski definition) is 3. The van der Waals surface area contributed by atoms with Crippen LogP contribution in [0.25, 0.3) is 0 Å². The van der Waals surface area contributed by atoms with Gasteiger partial charge in [0.25, 0.3) is 0 Å². The summed E-state index contributed by atoms with van der Waals surface area (Å²) in [5.41, 5.74) is -1.12. The molecule has 0 saturated carbocycles. The van der Waals surface area contributed by atoms with E-state index in [4.69, 9.17) is 18.9 Å². The summed E-state index contributed by atoms with van der Waals surface area (Å²) in [6.45, 7) is 0. The van der Waals surface area contributed by atoms with Crippen molar-refractivity contribution in [3.8, 4) is 34.5 Å². The van der Waals surface area contributed by atoms with Gasteiger partial charge < -0.3 is 34.3 Å². The number of rotatable bonds is 3. The first-order valence-electron chi connectivity index (χ1n) is 9.44. The molecule has 2 aliphatic rings. The van der Waals surface area contributed by atoms with Crippen molar-refractivity contribution in [2.45, 2.75) is 5.60 Å².